The highest BCUT2D eigenvalue weighted by molar-refractivity contribution is 5.95. The van der Waals surface area contributed by atoms with E-state index in [9.17, 15) is 9.59 Å². The second-order valence-electron chi connectivity index (χ2n) is 6.79. The molecule has 0 bridgehead atoms. The molecule has 2 N–H and O–H groups in total. The maximum absolute atomic E-state index is 12.4. The Bertz CT molecular complexity index is 795. The third-order valence-electron chi connectivity index (χ3n) is 4.89. The number of nitrogens with zero attached hydrogens (tertiary/aromatic N) is 1. The summed E-state index contributed by atoms with van der Waals surface area (Å²) in [5, 5.41) is 6.07. The van der Waals surface area contributed by atoms with Gasteiger partial charge in [-0.25, -0.2) is 4.79 Å². The maximum Gasteiger partial charge on any atom is 0.321 e. The van der Waals surface area contributed by atoms with Crippen LogP contribution in [0, 0.1) is 13.8 Å². The van der Waals surface area contributed by atoms with Gasteiger partial charge in [-0.15, -0.1) is 0 Å². The summed E-state index contributed by atoms with van der Waals surface area (Å²) in [6.07, 6.45) is 1.53. The highest BCUT2D eigenvalue weighted by Crippen LogP contribution is 2.17. The number of likely N-dealkylation sites (tertiary alicyclic amines) is 1. The number of nitrogens with one attached hydrogen (secondary N) is 2. The van der Waals surface area contributed by atoms with Gasteiger partial charge in [-0.1, -0.05) is 36.4 Å². The van der Waals surface area contributed by atoms with Gasteiger partial charge in [0.25, 0.3) is 5.91 Å². The van der Waals surface area contributed by atoms with Crippen LogP contribution in [0.2, 0.25) is 0 Å². The predicted octanol–water partition coefficient (Wildman–Crippen LogP) is 3.73. The Morgan fingerprint density at radius 3 is 2.19 bits per heavy atom. The van der Waals surface area contributed by atoms with Crippen LogP contribution in [0.15, 0.2) is 48.5 Å². The number of aryl methyl sites for hydroxylation is 2. The number of urea groups is 1. The number of anilines is 1. The first kappa shape index (κ1) is 18.0. The highest BCUT2D eigenvalue weighted by atomic mass is 16.2. The molecule has 1 aliphatic rings. The lowest BCUT2D eigenvalue weighted by Gasteiger charge is -2.32. The molecule has 1 fully saturated rings. The fraction of sp³-hybridized carbons (Fsp3) is 0.333. The van der Waals surface area contributed by atoms with Crippen LogP contribution < -0.4 is 10.6 Å². The molecule has 1 aliphatic heterocycles. The van der Waals surface area contributed by atoms with Crippen LogP contribution in [0.4, 0.5) is 10.5 Å². The summed E-state index contributed by atoms with van der Waals surface area (Å²) in [5.74, 6) is -0.0362. The smallest absolute Gasteiger partial charge is 0.321 e. The van der Waals surface area contributed by atoms with Crippen molar-refractivity contribution in [2.24, 2.45) is 0 Å². The number of carbonyl (C=O) groups excluding carboxylic acids is 2. The fourth-order valence-corrected chi connectivity index (χ4v) is 3.23. The van der Waals surface area contributed by atoms with Gasteiger partial charge >= 0.3 is 6.03 Å². The average Bonchev–Trinajstić information content (AvgIpc) is 2.64. The normalized spacial score (nSPS) is 14.8. The van der Waals surface area contributed by atoms with Gasteiger partial charge in [-0.3, -0.25) is 4.79 Å². The molecule has 0 atom stereocenters. The Balaban J connectivity index is 1.51. The van der Waals surface area contributed by atoms with Gasteiger partial charge in [0, 0.05) is 30.4 Å². The largest absolute Gasteiger partial charge is 0.349 e. The van der Waals surface area contributed by atoms with E-state index >= 15 is 0 Å². The molecule has 2 aromatic carbocycles. The minimum absolute atomic E-state index is 0.0362. The second-order valence-corrected chi connectivity index (χ2v) is 6.79. The SMILES string of the molecule is Cc1ccccc1NC(=O)N1CCC(NC(=O)c2ccccc2C)CC1. The van der Waals surface area contributed by atoms with Crippen molar-refractivity contribution >= 4 is 17.6 Å². The van der Waals surface area contributed by atoms with Crippen LogP contribution in [-0.4, -0.2) is 36.0 Å². The van der Waals surface area contributed by atoms with Gasteiger partial charge in [-0.2, -0.15) is 0 Å². The summed E-state index contributed by atoms with van der Waals surface area (Å²) >= 11 is 0. The van der Waals surface area contributed by atoms with Crippen LogP contribution in [0.5, 0.6) is 0 Å². The Morgan fingerprint density at radius 2 is 1.54 bits per heavy atom. The number of hydrogen-bond acceptors (Lipinski definition) is 2. The first-order valence-electron chi connectivity index (χ1n) is 9.02. The number of benzene rings is 2. The Hall–Kier alpha value is -2.82. The maximum atomic E-state index is 12.4. The van der Waals surface area contributed by atoms with E-state index in [1.807, 2.05) is 67.3 Å². The quantitative estimate of drug-likeness (QED) is 0.885. The monoisotopic (exact) mass is 351 g/mol. The van der Waals surface area contributed by atoms with E-state index in [1.54, 1.807) is 0 Å². The number of para-hydroxylation sites is 1. The molecule has 5 heteroatoms. The molecule has 5 nitrogen and oxygen atoms in total. The molecule has 3 amide bonds. The van der Waals surface area contributed by atoms with Gasteiger partial charge in [-0.05, 0) is 49.9 Å². The molecule has 0 saturated carbocycles. The number of carbonyl (C=O) groups is 2. The number of hydrogen-bond donors (Lipinski definition) is 2. The van der Waals surface area contributed by atoms with Crippen LogP contribution in [0.25, 0.3) is 0 Å². The summed E-state index contributed by atoms with van der Waals surface area (Å²) in [6, 6.07) is 15.4. The zero-order valence-corrected chi connectivity index (χ0v) is 15.3. The second kappa shape index (κ2) is 8.04. The molecule has 2 aromatic rings. The highest BCUT2D eigenvalue weighted by Gasteiger charge is 2.24. The summed E-state index contributed by atoms with van der Waals surface area (Å²) in [7, 11) is 0. The summed E-state index contributed by atoms with van der Waals surface area (Å²) in [6.45, 7) is 5.18. The minimum atomic E-state index is -0.0806. The molecule has 0 radical (unpaired) electrons. The molecule has 1 saturated heterocycles. The lowest BCUT2D eigenvalue weighted by Crippen LogP contribution is -2.47. The fourth-order valence-electron chi connectivity index (χ4n) is 3.23. The number of rotatable bonds is 3. The van der Waals surface area contributed by atoms with Crippen molar-refractivity contribution < 1.29 is 9.59 Å². The van der Waals surface area contributed by atoms with Crippen molar-refractivity contribution in [3.05, 3.63) is 65.2 Å². The Morgan fingerprint density at radius 1 is 0.923 bits per heavy atom. The standard InChI is InChI=1S/C21H25N3O2/c1-15-7-3-5-9-18(15)20(25)22-17-11-13-24(14-12-17)21(26)23-19-10-6-4-8-16(19)2/h3-10,17H,11-14H2,1-2H3,(H,22,25)(H,23,26). The molecule has 0 unspecified atom stereocenters. The van der Waals surface area contributed by atoms with Crippen molar-refractivity contribution in [1.29, 1.82) is 0 Å². The zero-order valence-electron chi connectivity index (χ0n) is 15.3. The number of piperidine rings is 1. The van der Waals surface area contributed by atoms with Crippen molar-refractivity contribution in [2.75, 3.05) is 18.4 Å². The van der Waals surface area contributed by atoms with Crippen molar-refractivity contribution in [2.45, 2.75) is 32.7 Å². The first-order valence-corrected chi connectivity index (χ1v) is 9.02. The van der Waals surface area contributed by atoms with E-state index in [0.29, 0.717) is 18.7 Å². The third-order valence-corrected chi connectivity index (χ3v) is 4.89. The summed E-state index contributed by atoms with van der Waals surface area (Å²) in [5.41, 5.74) is 3.57. The molecule has 3 rings (SSSR count). The van der Waals surface area contributed by atoms with Crippen molar-refractivity contribution in [3.63, 3.8) is 0 Å². The molecule has 26 heavy (non-hydrogen) atoms. The van der Waals surface area contributed by atoms with E-state index in [1.165, 1.54) is 0 Å². The van der Waals surface area contributed by atoms with Crippen LogP contribution in [0.1, 0.15) is 34.3 Å². The Labute approximate surface area is 154 Å². The lowest BCUT2D eigenvalue weighted by atomic mass is 10.0. The van der Waals surface area contributed by atoms with Gasteiger partial charge < -0.3 is 15.5 Å². The molecular weight excluding hydrogens is 326 g/mol. The van der Waals surface area contributed by atoms with Gasteiger partial charge in [0.1, 0.15) is 0 Å². The van der Waals surface area contributed by atoms with Crippen molar-refractivity contribution in [3.8, 4) is 0 Å². The van der Waals surface area contributed by atoms with E-state index in [4.69, 9.17) is 0 Å². The van der Waals surface area contributed by atoms with Crippen LogP contribution in [0.3, 0.4) is 0 Å². The zero-order chi connectivity index (χ0) is 18.5. The van der Waals surface area contributed by atoms with E-state index in [-0.39, 0.29) is 18.0 Å². The van der Waals surface area contributed by atoms with Crippen LogP contribution in [-0.2, 0) is 0 Å². The van der Waals surface area contributed by atoms with E-state index in [2.05, 4.69) is 10.6 Å². The van der Waals surface area contributed by atoms with Crippen molar-refractivity contribution in [1.82, 2.24) is 10.2 Å². The Kier molecular flexibility index (Phi) is 5.56. The molecule has 0 aromatic heterocycles. The molecule has 0 aliphatic carbocycles. The molecular formula is C21H25N3O2. The molecule has 0 spiro atoms. The topological polar surface area (TPSA) is 61.4 Å². The van der Waals surface area contributed by atoms with Gasteiger partial charge in [0.05, 0.1) is 0 Å². The van der Waals surface area contributed by atoms with Gasteiger partial charge in [0.15, 0.2) is 0 Å². The van der Waals surface area contributed by atoms with Crippen LogP contribution >= 0.6 is 0 Å². The lowest BCUT2D eigenvalue weighted by molar-refractivity contribution is 0.0918. The average molecular weight is 351 g/mol. The summed E-state index contributed by atoms with van der Waals surface area (Å²) < 4.78 is 0. The number of amides is 3. The summed E-state index contributed by atoms with van der Waals surface area (Å²) in [4.78, 5) is 26.7. The third kappa shape index (κ3) is 4.23. The minimum Gasteiger partial charge on any atom is -0.349 e. The molecule has 136 valence electrons. The molecule has 1 heterocycles. The van der Waals surface area contributed by atoms with Gasteiger partial charge in [0.2, 0.25) is 0 Å². The predicted molar refractivity (Wildman–Crippen MR) is 103 cm³/mol. The van der Waals surface area contributed by atoms with E-state index in [0.717, 1.165) is 29.7 Å². The first-order chi connectivity index (χ1) is 12.5. The van der Waals surface area contributed by atoms with E-state index < -0.39 is 0 Å².